The van der Waals surface area contributed by atoms with E-state index in [1.54, 1.807) is 25.0 Å². The quantitative estimate of drug-likeness (QED) is 0.155. The molecule has 0 saturated heterocycles. The Morgan fingerprint density at radius 1 is 1.11 bits per heavy atom. The summed E-state index contributed by atoms with van der Waals surface area (Å²) in [7, 11) is 3.64. The predicted molar refractivity (Wildman–Crippen MR) is 157 cm³/mol. The van der Waals surface area contributed by atoms with Crippen LogP contribution in [-0.2, 0) is 14.3 Å². The predicted octanol–water partition coefficient (Wildman–Crippen LogP) is 8.03. The van der Waals surface area contributed by atoms with Crippen LogP contribution in [0.2, 0.25) is 0 Å². The molecule has 0 aromatic carbocycles. The number of methoxy groups -OCH3 is 1. The fourth-order valence-corrected chi connectivity index (χ4v) is 9.45. The summed E-state index contributed by atoms with van der Waals surface area (Å²) in [5.41, 5.74) is 2.42. The molecule has 3 fully saturated rings. The van der Waals surface area contributed by atoms with Gasteiger partial charge in [0.1, 0.15) is 6.10 Å². The van der Waals surface area contributed by atoms with Crippen LogP contribution in [0.3, 0.4) is 0 Å². The minimum Gasteiger partial charge on any atom is -0.459 e. The van der Waals surface area contributed by atoms with Crippen molar-refractivity contribution in [2.24, 2.45) is 46.3 Å². The van der Waals surface area contributed by atoms with E-state index in [9.17, 15) is 4.79 Å². The molecule has 0 heterocycles. The molecule has 3 saturated carbocycles. The number of rotatable bonds is 11. The Bertz CT molecular complexity index is 864. The van der Waals surface area contributed by atoms with E-state index in [1.165, 1.54) is 51.4 Å². The number of carbonyl (C=O) groups is 1. The number of esters is 1. The van der Waals surface area contributed by atoms with Crippen molar-refractivity contribution in [3.63, 3.8) is 0 Å². The summed E-state index contributed by atoms with van der Waals surface area (Å²) < 4.78 is 11.0. The molecular weight excluding hydrogens is 470 g/mol. The van der Waals surface area contributed by atoms with Crippen LogP contribution in [0.15, 0.2) is 23.9 Å². The average Bonchev–Trinajstić information content (AvgIpc) is 3.23. The zero-order chi connectivity index (χ0) is 27.5. The maximum Gasteiger partial charge on any atom is 0.332 e. The number of nitrogens with zero attached hydrogens (tertiary/aromatic N) is 1. The molecule has 0 unspecified atom stereocenters. The number of hydrogen-bond acceptors (Lipinski definition) is 4. The van der Waals surface area contributed by atoms with Crippen LogP contribution >= 0.6 is 0 Å². The van der Waals surface area contributed by atoms with E-state index >= 15 is 0 Å². The van der Waals surface area contributed by atoms with Crippen molar-refractivity contribution < 1.29 is 14.3 Å². The van der Waals surface area contributed by atoms with Gasteiger partial charge in [0.05, 0.1) is 6.61 Å². The van der Waals surface area contributed by atoms with E-state index in [0.29, 0.717) is 17.4 Å². The van der Waals surface area contributed by atoms with Gasteiger partial charge >= 0.3 is 5.97 Å². The van der Waals surface area contributed by atoms with Gasteiger partial charge in [-0.05, 0) is 91.3 Å². The van der Waals surface area contributed by atoms with Crippen LogP contribution in [0.5, 0.6) is 0 Å². The molecule has 0 aromatic heterocycles. The fraction of sp³-hybridized carbons (Fsp3) is 0.853. The van der Waals surface area contributed by atoms with Crippen LogP contribution in [-0.4, -0.2) is 44.3 Å². The lowest BCUT2D eigenvalue weighted by Gasteiger charge is -2.58. The second-order valence-corrected chi connectivity index (χ2v) is 14.4. The van der Waals surface area contributed by atoms with Crippen LogP contribution in [0.1, 0.15) is 105 Å². The van der Waals surface area contributed by atoms with Crippen molar-refractivity contribution in [3.8, 4) is 0 Å². The van der Waals surface area contributed by atoms with E-state index in [0.717, 1.165) is 61.3 Å². The third-order valence-corrected chi connectivity index (χ3v) is 11.7. The second kappa shape index (κ2) is 12.5. The van der Waals surface area contributed by atoms with Gasteiger partial charge < -0.3 is 14.4 Å². The highest BCUT2D eigenvalue weighted by molar-refractivity contribution is 5.82. The van der Waals surface area contributed by atoms with Crippen LogP contribution < -0.4 is 0 Å². The second-order valence-electron chi connectivity index (χ2n) is 14.4. The molecule has 216 valence electrons. The first-order valence-electron chi connectivity index (χ1n) is 15.9. The first kappa shape index (κ1) is 29.7. The minimum absolute atomic E-state index is 0.0173. The third-order valence-electron chi connectivity index (χ3n) is 11.7. The summed E-state index contributed by atoms with van der Waals surface area (Å²) in [6.07, 6.45) is 20.2. The summed E-state index contributed by atoms with van der Waals surface area (Å²) in [6, 6.07) is 0. The van der Waals surface area contributed by atoms with E-state index in [4.69, 9.17) is 9.47 Å². The molecule has 0 amide bonds. The summed E-state index contributed by atoms with van der Waals surface area (Å²) >= 11 is 0. The maximum absolute atomic E-state index is 12.5. The van der Waals surface area contributed by atoms with Crippen molar-refractivity contribution >= 4 is 5.97 Å². The summed E-state index contributed by atoms with van der Waals surface area (Å²) in [5.74, 6) is 4.94. The normalized spacial score (nSPS) is 37.4. The van der Waals surface area contributed by atoms with Crippen molar-refractivity contribution in [2.75, 3.05) is 27.3 Å². The molecule has 8 atom stereocenters. The molecule has 0 N–H and O–H groups in total. The van der Waals surface area contributed by atoms with Gasteiger partial charge in [0.2, 0.25) is 0 Å². The van der Waals surface area contributed by atoms with Gasteiger partial charge in [-0.1, -0.05) is 65.5 Å². The van der Waals surface area contributed by atoms with E-state index in [-0.39, 0.29) is 12.1 Å². The van der Waals surface area contributed by atoms with E-state index < -0.39 is 0 Å². The first-order valence-corrected chi connectivity index (χ1v) is 15.9. The Kier molecular flexibility index (Phi) is 9.75. The summed E-state index contributed by atoms with van der Waals surface area (Å²) in [4.78, 5) is 14.5. The van der Waals surface area contributed by atoms with Crippen LogP contribution in [0.4, 0.5) is 0 Å². The minimum atomic E-state index is -0.217. The molecule has 0 aromatic rings. The Morgan fingerprint density at radius 3 is 2.63 bits per heavy atom. The molecule has 0 spiro atoms. The highest BCUT2D eigenvalue weighted by Crippen LogP contribution is 2.67. The molecule has 4 aliphatic carbocycles. The third kappa shape index (κ3) is 6.21. The summed E-state index contributed by atoms with van der Waals surface area (Å²) in [5, 5.41) is 0. The molecule has 4 aliphatic rings. The van der Waals surface area contributed by atoms with Crippen LogP contribution in [0.25, 0.3) is 0 Å². The number of allylic oxidation sites excluding steroid dienone is 1. The molecule has 0 bridgehead atoms. The van der Waals surface area contributed by atoms with Gasteiger partial charge in [-0.2, -0.15) is 0 Å². The fourth-order valence-electron chi connectivity index (χ4n) is 9.45. The monoisotopic (exact) mass is 527 g/mol. The molecule has 0 aliphatic heterocycles. The maximum atomic E-state index is 12.5. The Morgan fingerprint density at radius 2 is 1.89 bits per heavy atom. The standard InChI is InChI=1S/C34H57NO3/c1-24(2)9-8-10-25(3)29-13-14-30-28-12-11-26-23-27(38-32(36)17-20-35(6)21-22-37-7)15-18-33(26,4)31(28)16-19-34(29,30)5/h11,17,20,24-25,27-31H,8-10,12-16,18-19,21-23H2,1-7H3/b20-17+/t25-,27+,28+,29-,30+,31+,33+,34-/m1/s1. The van der Waals surface area contributed by atoms with Crippen molar-refractivity contribution in [3.05, 3.63) is 23.9 Å². The summed E-state index contributed by atoms with van der Waals surface area (Å²) in [6.45, 7) is 13.9. The Balaban J connectivity index is 1.36. The molecular formula is C34H57NO3. The van der Waals surface area contributed by atoms with Gasteiger partial charge in [-0.25, -0.2) is 4.79 Å². The zero-order valence-corrected chi connectivity index (χ0v) is 25.6. The van der Waals surface area contributed by atoms with Gasteiger partial charge in [-0.3, -0.25) is 0 Å². The molecule has 4 heteroatoms. The Hall–Kier alpha value is -1.29. The molecule has 38 heavy (non-hydrogen) atoms. The lowest BCUT2D eigenvalue weighted by Crippen LogP contribution is -2.51. The zero-order valence-electron chi connectivity index (χ0n) is 25.6. The average molecular weight is 528 g/mol. The van der Waals surface area contributed by atoms with Gasteiger partial charge in [0.25, 0.3) is 0 Å². The molecule has 4 rings (SSSR count). The van der Waals surface area contributed by atoms with Crippen molar-refractivity contribution in [1.29, 1.82) is 0 Å². The number of fused-ring (bicyclic) bond motifs is 5. The lowest BCUT2D eigenvalue weighted by atomic mass is 9.47. The highest BCUT2D eigenvalue weighted by Gasteiger charge is 2.59. The number of ether oxygens (including phenoxy) is 2. The first-order chi connectivity index (χ1) is 18.1. The number of hydrogen-bond donors (Lipinski definition) is 0. The van der Waals surface area contributed by atoms with E-state index in [1.807, 2.05) is 11.9 Å². The van der Waals surface area contributed by atoms with Crippen molar-refractivity contribution in [1.82, 2.24) is 4.90 Å². The van der Waals surface area contributed by atoms with Gasteiger partial charge in [-0.15, -0.1) is 0 Å². The highest BCUT2D eigenvalue weighted by atomic mass is 16.5. The van der Waals surface area contributed by atoms with Gasteiger partial charge in [0.15, 0.2) is 0 Å². The molecule has 4 nitrogen and oxygen atoms in total. The van der Waals surface area contributed by atoms with Crippen LogP contribution in [0, 0.1) is 46.3 Å². The Labute approximate surface area is 234 Å². The largest absolute Gasteiger partial charge is 0.459 e. The smallest absolute Gasteiger partial charge is 0.332 e. The number of carbonyl (C=O) groups excluding carboxylic acids is 1. The molecule has 0 radical (unpaired) electrons. The van der Waals surface area contributed by atoms with Gasteiger partial charge in [0, 0.05) is 39.4 Å². The SMILES string of the molecule is COCCN(C)/C=C/C(=O)O[C@H]1CC[C@@]2(C)C(=CC[C@H]3[C@@H]4CC[C@H]([C@H](C)CCCC(C)C)[C@@]4(C)CC[C@@H]32)C1. The topological polar surface area (TPSA) is 38.8 Å². The number of likely N-dealkylation sites (N-methyl/N-ethyl adjacent to an activating group) is 1. The lowest BCUT2D eigenvalue weighted by molar-refractivity contribution is -0.145. The van der Waals surface area contributed by atoms with Crippen molar-refractivity contribution in [2.45, 2.75) is 111 Å². The van der Waals surface area contributed by atoms with E-state index in [2.05, 4.69) is 40.7 Å².